The number of rotatable bonds is 11. The number of ether oxygens (including phenoxy) is 2. The Morgan fingerprint density at radius 3 is 2.22 bits per heavy atom. The van der Waals surface area contributed by atoms with Gasteiger partial charge >= 0.3 is 0 Å². The maximum atomic E-state index is 9.98. The molecule has 0 bridgehead atoms. The molecule has 0 aliphatic heterocycles. The average molecular weight is 257 g/mol. The molecule has 0 amide bonds. The predicted molar refractivity (Wildman–Crippen MR) is 70.6 cm³/mol. The van der Waals surface area contributed by atoms with E-state index in [9.17, 15) is 5.11 Å². The minimum absolute atomic E-state index is 0.362. The smallest absolute Gasteiger partial charge is 0.0900 e. The molecule has 2 aliphatic rings. The summed E-state index contributed by atoms with van der Waals surface area (Å²) >= 11 is 0. The van der Waals surface area contributed by atoms with Crippen LogP contribution in [0.5, 0.6) is 0 Å². The lowest BCUT2D eigenvalue weighted by Crippen LogP contribution is -2.37. The second-order valence-corrected chi connectivity index (χ2v) is 5.83. The number of aliphatic hydroxyl groups excluding tert-OH is 1. The van der Waals surface area contributed by atoms with E-state index in [4.69, 9.17) is 9.47 Å². The van der Waals surface area contributed by atoms with Gasteiger partial charge in [0.25, 0.3) is 0 Å². The van der Waals surface area contributed by atoms with Crippen LogP contribution in [-0.2, 0) is 9.47 Å². The van der Waals surface area contributed by atoms with E-state index in [-0.39, 0.29) is 6.10 Å². The summed E-state index contributed by atoms with van der Waals surface area (Å²) in [6, 6.07) is 0. The summed E-state index contributed by atoms with van der Waals surface area (Å²) in [5, 5.41) is 9.98. The molecule has 0 radical (unpaired) electrons. The molecule has 18 heavy (non-hydrogen) atoms. The van der Waals surface area contributed by atoms with Crippen LogP contribution in [0.4, 0.5) is 0 Å². The van der Waals surface area contributed by atoms with Crippen LogP contribution < -0.4 is 0 Å². The zero-order chi connectivity index (χ0) is 12.8. The van der Waals surface area contributed by atoms with E-state index < -0.39 is 0 Å². The van der Waals surface area contributed by atoms with Crippen molar-refractivity contribution >= 4 is 0 Å². The Labute approximate surface area is 110 Å². The number of nitrogens with zero attached hydrogens (tertiary/aromatic N) is 1. The zero-order valence-electron chi connectivity index (χ0n) is 11.5. The van der Waals surface area contributed by atoms with E-state index in [0.717, 1.165) is 18.4 Å². The van der Waals surface area contributed by atoms with Gasteiger partial charge in [0.2, 0.25) is 0 Å². The molecule has 0 heterocycles. The molecule has 0 saturated heterocycles. The van der Waals surface area contributed by atoms with Crippen LogP contribution in [0.2, 0.25) is 0 Å². The van der Waals surface area contributed by atoms with Crippen molar-refractivity contribution in [1.82, 2.24) is 4.90 Å². The third-order valence-corrected chi connectivity index (χ3v) is 3.64. The molecule has 0 aromatic carbocycles. The first-order valence-corrected chi connectivity index (χ1v) is 7.25. The van der Waals surface area contributed by atoms with Gasteiger partial charge in [-0.1, -0.05) is 0 Å². The van der Waals surface area contributed by atoms with E-state index in [2.05, 4.69) is 4.90 Å². The fourth-order valence-corrected chi connectivity index (χ4v) is 2.27. The van der Waals surface area contributed by atoms with Crippen LogP contribution in [0.25, 0.3) is 0 Å². The number of aliphatic hydroxyl groups is 1. The average Bonchev–Trinajstić information content (AvgIpc) is 3.20. The van der Waals surface area contributed by atoms with Crippen LogP contribution in [0, 0.1) is 11.8 Å². The Hall–Kier alpha value is -0.160. The molecule has 0 spiro atoms. The first-order chi connectivity index (χ1) is 8.78. The molecule has 4 nitrogen and oxygen atoms in total. The van der Waals surface area contributed by atoms with Crippen molar-refractivity contribution in [2.75, 3.05) is 46.6 Å². The van der Waals surface area contributed by atoms with E-state index >= 15 is 0 Å². The maximum Gasteiger partial charge on any atom is 0.0900 e. The van der Waals surface area contributed by atoms with Crippen molar-refractivity contribution in [3.05, 3.63) is 0 Å². The molecule has 2 rings (SSSR count). The monoisotopic (exact) mass is 257 g/mol. The summed E-state index contributed by atoms with van der Waals surface area (Å²) in [6.07, 6.45) is 5.14. The van der Waals surface area contributed by atoms with Gasteiger partial charge in [-0.3, -0.25) is 0 Å². The maximum absolute atomic E-state index is 9.98. The van der Waals surface area contributed by atoms with Crippen molar-refractivity contribution in [2.24, 2.45) is 11.8 Å². The van der Waals surface area contributed by atoms with Crippen molar-refractivity contribution in [1.29, 1.82) is 0 Å². The Morgan fingerprint density at radius 2 is 1.72 bits per heavy atom. The van der Waals surface area contributed by atoms with Gasteiger partial charge in [-0.25, -0.2) is 0 Å². The highest BCUT2D eigenvalue weighted by atomic mass is 16.5. The standard InChI is InChI=1S/C14H27NO3/c1-17-6-7-18-11-14(16)10-15(8-12-2-3-12)9-13-4-5-13/h12-14,16H,2-11H2,1H3. The van der Waals surface area contributed by atoms with Gasteiger partial charge in [0.05, 0.1) is 25.9 Å². The lowest BCUT2D eigenvalue weighted by atomic mass is 10.2. The van der Waals surface area contributed by atoms with Gasteiger partial charge in [-0.15, -0.1) is 0 Å². The predicted octanol–water partition coefficient (Wildman–Crippen LogP) is 1.13. The SMILES string of the molecule is COCCOCC(O)CN(CC1CC1)CC1CC1. The minimum Gasteiger partial charge on any atom is -0.389 e. The molecule has 1 atom stereocenters. The highest BCUT2D eigenvalue weighted by Crippen LogP contribution is 2.33. The molecular weight excluding hydrogens is 230 g/mol. The minimum atomic E-state index is -0.362. The molecule has 2 fully saturated rings. The third-order valence-electron chi connectivity index (χ3n) is 3.64. The van der Waals surface area contributed by atoms with Crippen LogP contribution in [0.1, 0.15) is 25.7 Å². The second kappa shape index (κ2) is 7.43. The second-order valence-electron chi connectivity index (χ2n) is 5.83. The summed E-state index contributed by atoms with van der Waals surface area (Å²) < 4.78 is 10.3. The number of hydrogen-bond acceptors (Lipinski definition) is 4. The molecule has 2 saturated carbocycles. The normalized spacial score (nSPS) is 21.5. The fraction of sp³-hybridized carbons (Fsp3) is 1.00. The summed E-state index contributed by atoms with van der Waals surface area (Å²) in [6.45, 7) is 4.70. The van der Waals surface area contributed by atoms with E-state index in [1.807, 2.05) is 0 Å². The molecule has 0 aromatic heterocycles. The Bertz CT molecular complexity index is 215. The van der Waals surface area contributed by atoms with Crippen LogP contribution in [0.15, 0.2) is 0 Å². The largest absolute Gasteiger partial charge is 0.389 e. The van der Waals surface area contributed by atoms with Crippen LogP contribution in [-0.4, -0.2) is 62.7 Å². The number of methoxy groups -OCH3 is 1. The van der Waals surface area contributed by atoms with E-state index in [0.29, 0.717) is 19.8 Å². The Morgan fingerprint density at radius 1 is 1.11 bits per heavy atom. The van der Waals surface area contributed by atoms with Gasteiger partial charge in [-0.2, -0.15) is 0 Å². The van der Waals surface area contributed by atoms with Crippen molar-refractivity contribution < 1.29 is 14.6 Å². The van der Waals surface area contributed by atoms with Crippen LogP contribution in [0.3, 0.4) is 0 Å². The first-order valence-electron chi connectivity index (χ1n) is 7.25. The molecule has 1 unspecified atom stereocenters. The lowest BCUT2D eigenvalue weighted by Gasteiger charge is -2.25. The van der Waals surface area contributed by atoms with Gasteiger partial charge in [0, 0.05) is 26.7 Å². The molecule has 106 valence electrons. The van der Waals surface area contributed by atoms with Crippen LogP contribution >= 0.6 is 0 Å². The van der Waals surface area contributed by atoms with Crippen molar-refractivity contribution in [2.45, 2.75) is 31.8 Å². The molecule has 1 N–H and O–H groups in total. The summed E-state index contributed by atoms with van der Waals surface area (Å²) in [4.78, 5) is 2.44. The molecule has 4 heteroatoms. The van der Waals surface area contributed by atoms with E-state index in [1.165, 1.54) is 38.8 Å². The van der Waals surface area contributed by atoms with Gasteiger partial charge in [-0.05, 0) is 37.5 Å². The Kier molecular flexibility index (Phi) is 5.89. The van der Waals surface area contributed by atoms with Gasteiger partial charge < -0.3 is 19.5 Å². The molecule has 0 aromatic rings. The van der Waals surface area contributed by atoms with Crippen molar-refractivity contribution in [3.63, 3.8) is 0 Å². The third kappa shape index (κ3) is 6.14. The first kappa shape index (κ1) is 14.3. The summed E-state index contributed by atoms with van der Waals surface area (Å²) in [5.41, 5.74) is 0. The fourth-order valence-electron chi connectivity index (χ4n) is 2.27. The topological polar surface area (TPSA) is 41.9 Å². The van der Waals surface area contributed by atoms with Gasteiger partial charge in [0.1, 0.15) is 0 Å². The Balaban J connectivity index is 1.59. The number of hydrogen-bond donors (Lipinski definition) is 1. The van der Waals surface area contributed by atoms with E-state index in [1.54, 1.807) is 7.11 Å². The summed E-state index contributed by atoms with van der Waals surface area (Å²) in [7, 11) is 1.66. The highest BCUT2D eigenvalue weighted by Gasteiger charge is 2.29. The zero-order valence-corrected chi connectivity index (χ0v) is 11.5. The quantitative estimate of drug-likeness (QED) is 0.564. The van der Waals surface area contributed by atoms with Gasteiger partial charge in [0.15, 0.2) is 0 Å². The molecule has 2 aliphatic carbocycles. The lowest BCUT2D eigenvalue weighted by molar-refractivity contribution is -0.00160. The summed E-state index contributed by atoms with van der Waals surface area (Å²) in [5.74, 6) is 1.79. The van der Waals surface area contributed by atoms with Crippen molar-refractivity contribution in [3.8, 4) is 0 Å². The highest BCUT2D eigenvalue weighted by molar-refractivity contribution is 4.83. The molecular formula is C14H27NO3.